The molecule has 0 saturated carbocycles. The van der Waals surface area contributed by atoms with Gasteiger partial charge in [0.05, 0.1) is 62.1 Å². The lowest BCUT2D eigenvalue weighted by atomic mass is 9.81. The molecule has 3 N–H and O–H groups in total. The number of esters is 2. The average molecular weight is 529 g/mol. The summed E-state index contributed by atoms with van der Waals surface area (Å²) in [6, 6.07) is 18.3. The van der Waals surface area contributed by atoms with E-state index in [-0.39, 0.29) is 45.5 Å². The SMILES string of the molecule is COC(=O)C1=C(C(=O)OC)N(c2ccc(OC)c(NC(=O)c3ccco3)c2)C(N)=C(C#N)C1c1ccccc1. The third kappa shape index (κ3) is 4.91. The fourth-order valence-corrected chi connectivity index (χ4v) is 4.31. The zero-order valence-corrected chi connectivity index (χ0v) is 21.3. The second-order valence-corrected chi connectivity index (χ2v) is 8.15. The van der Waals surface area contributed by atoms with Crippen molar-refractivity contribution >= 4 is 29.2 Å². The van der Waals surface area contributed by atoms with E-state index >= 15 is 0 Å². The Morgan fingerprint density at radius 1 is 1.00 bits per heavy atom. The van der Waals surface area contributed by atoms with Gasteiger partial charge in [0.25, 0.3) is 5.91 Å². The van der Waals surface area contributed by atoms with Crippen LogP contribution in [-0.2, 0) is 19.1 Å². The van der Waals surface area contributed by atoms with Crippen LogP contribution in [0.25, 0.3) is 0 Å². The molecule has 1 amide bonds. The van der Waals surface area contributed by atoms with Crippen LogP contribution in [0.15, 0.2) is 94.0 Å². The maximum atomic E-state index is 13.2. The molecule has 0 bridgehead atoms. The number of nitrogens with one attached hydrogen (secondary N) is 1. The number of nitriles is 1. The van der Waals surface area contributed by atoms with Gasteiger partial charge < -0.3 is 29.7 Å². The maximum absolute atomic E-state index is 13.2. The van der Waals surface area contributed by atoms with Crippen molar-refractivity contribution in [1.82, 2.24) is 0 Å². The topological polar surface area (TPSA) is 157 Å². The second-order valence-electron chi connectivity index (χ2n) is 8.15. The number of furan rings is 1. The first kappa shape index (κ1) is 26.6. The van der Waals surface area contributed by atoms with E-state index in [4.69, 9.17) is 24.4 Å². The molecule has 1 aliphatic heterocycles. The number of amides is 1. The van der Waals surface area contributed by atoms with Gasteiger partial charge in [-0.1, -0.05) is 30.3 Å². The highest BCUT2D eigenvalue weighted by molar-refractivity contribution is 6.07. The number of nitrogens with zero attached hydrogens (tertiary/aromatic N) is 2. The number of ether oxygens (including phenoxy) is 3. The standard InChI is InChI=1S/C28H24N4O7/c1-36-20-12-11-17(14-19(20)31-26(33)21-10-7-13-39-21)32-24(28(35)38-3)23(27(34)37-2)22(18(15-29)25(32)30)16-8-5-4-6-9-16/h4-14,22H,30H2,1-3H3,(H,31,33). The van der Waals surface area contributed by atoms with E-state index in [1.165, 1.54) is 43.6 Å². The van der Waals surface area contributed by atoms with Gasteiger partial charge in [0.15, 0.2) is 5.76 Å². The Morgan fingerprint density at radius 3 is 2.31 bits per heavy atom. The highest BCUT2D eigenvalue weighted by Crippen LogP contribution is 2.44. The fraction of sp³-hybridized carbons (Fsp3) is 0.143. The van der Waals surface area contributed by atoms with Crippen molar-refractivity contribution in [2.45, 2.75) is 5.92 Å². The normalized spacial score (nSPS) is 14.9. The third-order valence-corrected chi connectivity index (χ3v) is 6.04. The van der Waals surface area contributed by atoms with Crippen LogP contribution in [0.2, 0.25) is 0 Å². The number of anilines is 2. The molecule has 1 unspecified atom stereocenters. The minimum atomic E-state index is -1.01. The molecule has 0 spiro atoms. The summed E-state index contributed by atoms with van der Waals surface area (Å²) in [5.41, 5.74) is 7.13. The Balaban J connectivity index is 1.96. The summed E-state index contributed by atoms with van der Waals surface area (Å²) in [7, 11) is 3.74. The van der Waals surface area contributed by atoms with E-state index < -0.39 is 23.8 Å². The van der Waals surface area contributed by atoms with Crippen LogP contribution in [0.5, 0.6) is 5.75 Å². The highest BCUT2D eigenvalue weighted by atomic mass is 16.5. The number of allylic oxidation sites excluding steroid dienone is 1. The molecule has 198 valence electrons. The van der Waals surface area contributed by atoms with Gasteiger partial charge in [-0.3, -0.25) is 9.69 Å². The van der Waals surface area contributed by atoms with Crippen LogP contribution in [0.4, 0.5) is 11.4 Å². The smallest absolute Gasteiger partial charge is 0.355 e. The Morgan fingerprint density at radius 2 is 1.72 bits per heavy atom. The van der Waals surface area contributed by atoms with Crippen LogP contribution < -0.4 is 20.7 Å². The summed E-state index contributed by atoms with van der Waals surface area (Å²) < 4.78 is 20.6. The largest absolute Gasteiger partial charge is 0.495 e. The average Bonchev–Trinajstić information content (AvgIpc) is 3.51. The molecule has 3 aromatic rings. The first-order chi connectivity index (χ1) is 18.9. The van der Waals surface area contributed by atoms with Crippen molar-refractivity contribution in [2.24, 2.45) is 5.73 Å². The van der Waals surface area contributed by atoms with E-state index in [0.717, 1.165) is 7.11 Å². The molecule has 4 rings (SSSR count). The van der Waals surface area contributed by atoms with Crippen molar-refractivity contribution in [2.75, 3.05) is 31.5 Å². The number of rotatable bonds is 7. The van der Waals surface area contributed by atoms with Crippen LogP contribution in [0.1, 0.15) is 22.0 Å². The van der Waals surface area contributed by atoms with Crippen molar-refractivity contribution in [3.8, 4) is 11.8 Å². The summed E-state index contributed by atoms with van der Waals surface area (Å²) in [6.07, 6.45) is 1.36. The van der Waals surface area contributed by atoms with Crippen molar-refractivity contribution in [3.63, 3.8) is 0 Å². The number of carbonyl (C=O) groups excluding carboxylic acids is 3. The molecule has 11 nitrogen and oxygen atoms in total. The minimum Gasteiger partial charge on any atom is -0.495 e. The summed E-state index contributed by atoms with van der Waals surface area (Å²) >= 11 is 0. The maximum Gasteiger partial charge on any atom is 0.355 e. The number of nitrogens with two attached hydrogens (primary N) is 1. The number of hydrogen-bond donors (Lipinski definition) is 2. The lowest BCUT2D eigenvalue weighted by Gasteiger charge is -2.36. The van der Waals surface area contributed by atoms with E-state index in [1.54, 1.807) is 42.5 Å². The van der Waals surface area contributed by atoms with Crippen LogP contribution in [0, 0.1) is 11.3 Å². The summed E-state index contributed by atoms with van der Waals surface area (Å²) in [5.74, 6) is -3.09. The first-order valence-electron chi connectivity index (χ1n) is 11.5. The highest BCUT2D eigenvalue weighted by Gasteiger charge is 2.43. The van der Waals surface area contributed by atoms with Gasteiger partial charge in [-0.15, -0.1) is 0 Å². The summed E-state index contributed by atoms with van der Waals surface area (Å²) in [4.78, 5) is 40.4. The van der Waals surface area contributed by atoms with Gasteiger partial charge in [0, 0.05) is 0 Å². The minimum absolute atomic E-state index is 0.00578. The molecule has 0 saturated heterocycles. The number of hydrogen-bond acceptors (Lipinski definition) is 10. The summed E-state index contributed by atoms with van der Waals surface area (Å²) in [5, 5.41) is 12.9. The Labute approximate surface area is 223 Å². The number of methoxy groups -OCH3 is 3. The van der Waals surface area contributed by atoms with Gasteiger partial charge in [-0.05, 0) is 35.9 Å². The molecular weight excluding hydrogens is 504 g/mol. The Kier molecular flexibility index (Phi) is 7.67. The quantitative estimate of drug-likeness (QED) is 0.435. The zero-order chi connectivity index (χ0) is 28.1. The predicted molar refractivity (Wildman–Crippen MR) is 139 cm³/mol. The van der Waals surface area contributed by atoms with Gasteiger partial charge >= 0.3 is 11.9 Å². The zero-order valence-electron chi connectivity index (χ0n) is 21.3. The molecule has 1 aromatic heterocycles. The van der Waals surface area contributed by atoms with E-state index in [0.29, 0.717) is 5.56 Å². The Bertz CT molecular complexity index is 1520. The van der Waals surface area contributed by atoms with Gasteiger partial charge in [0.1, 0.15) is 17.3 Å². The first-order valence-corrected chi connectivity index (χ1v) is 11.5. The van der Waals surface area contributed by atoms with Crippen LogP contribution in [0.3, 0.4) is 0 Å². The molecule has 0 aliphatic carbocycles. The third-order valence-electron chi connectivity index (χ3n) is 6.04. The fourth-order valence-electron chi connectivity index (χ4n) is 4.31. The molecule has 0 fully saturated rings. The predicted octanol–water partition coefficient (Wildman–Crippen LogP) is 3.44. The molecule has 39 heavy (non-hydrogen) atoms. The van der Waals surface area contributed by atoms with Crippen LogP contribution >= 0.6 is 0 Å². The van der Waals surface area contributed by atoms with E-state index in [1.807, 2.05) is 0 Å². The lowest BCUT2D eigenvalue weighted by Crippen LogP contribution is -2.40. The van der Waals surface area contributed by atoms with Gasteiger partial charge in [0.2, 0.25) is 0 Å². The van der Waals surface area contributed by atoms with Crippen molar-refractivity contribution in [3.05, 3.63) is 101 Å². The number of benzene rings is 2. The monoisotopic (exact) mass is 528 g/mol. The number of carbonyl (C=O) groups is 3. The van der Waals surface area contributed by atoms with Gasteiger partial charge in [-0.25, -0.2) is 9.59 Å². The lowest BCUT2D eigenvalue weighted by molar-refractivity contribution is -0.139. The van der Waals surface area contributed by atoms with E-state index in [9.17, 15) is 19.6 Å². The molecule has 1 aliphatic rings. The van der Waals surface area contributed by atoms with Crippen molar-refractivity contribution < 1.29 is 33.0 Å². The molecule has 2 aromatic carbocycles. The molecule has 2 heterocycles. The van der Waals surface area contributed by atoms with Crippen molar-refractivity contribution in [1.29, 1.82) is 5.26 Å². The molecule has 0 radical (unpaired) electrons. The summed E-state index contributed by atoms with van der Waals surface area (Å²) in [6.45, 7) is 0. The van der Waals surface area contributed by atoms with Crippen LogP contribution in [-0.4, -0.2) is 39.2 Å². The van der Waals surface area contributed by atoms with E-state index in [2.05, 4.69) is 11.4 Å². The Hall–Kier alpha value is -5.50. The second kappa shape index (κ2) is 11.3. The molecule has 1 atom stereocenters. The molecule has 11 heteroatoms. The van der Waals surface area contributed by atoms with Gasteiger partial charge in [-0.2, -0.15) is 5.26 Å². The molecular formula is C28H24N4O7.